The third-order valence-electron chi connectivity index (χ3n) is 2.85. The Labute approximate surface area is 112 Å². The predicted molar refractivity (Wildman–Crippen MR) is 74.3 cm³/mol. The summed E-state index contributed by atoms with van der Waals surface area (Å²) in [6.45, 7) is 0. The van der Waals surface area contributed by atoms with Crippen molar-refractivity contribution in [2.24, 2.45) is 0 Å². The van der Waals surface area contributed by atoms with Crippen molar-refractivity contribution in [1.29, 1.82) is 0 Å². The molecular formula is C15H16N2O2. The number of benzene rings is 1. The van der Waals surface area contributed by atoms with Gasteiger partial charge in [0, 0.05) is 18.3 Å². The number of nitrogens with zero attached hydrogens (tertiary/aromatic N) is 1. The van der Waals surface area contributed by atoms with Gasteiger partial charge in [-0.15, -0.1) is 0 Å². The van der Waals surface area contributed by atoms with E-state index in [1.54, 1.807) is 18.3 Å². The number of carbonyl (C=O) groups excluding carboxylic acids is 1. The highest BCUT2D eigenvalue weighted by Crippen LogP contribution is 2.17. The topological polar surface area (TPSA) is 65.2 Å². The first kappa shape index (κ1) is 13.1. The third kappa shape index (κ3) is 3.31. The molecule has 2 rings (SSSR count). The van der Waals surface area contributed by atoms with Gasteiger partial charge in [-0.05, 0) is 36.2 Å². The van der Waals surface area contributed by atoms with Gasteiger partial charge in [0.1, 0.15) is 11.4 Å². The molecule has 0 aliphatic rings. The van der Waals surface area contributed by atoms with Crippen molar-refractivity contribution < 1.29 is 9.53 Å². The number of pyridine rings is 1. The number of nitrogens with two attached hydrogens (primary N) is 1. The van der Waals surface area contributed by atoms with Crippen molar-refractivity contribution in [1.82, 2.24) is 4.98 Å². The quantitative estimate of drug-likeness (QED) is 0.659. The van der Waals surface area contributed by atoms with Gasteiger partial charge in [0.2, 0.25) is 0 Å². The summed E-state index contributed by atoms with van der Waals surface area (Å²) < 4.78 is 5.13. The van der Waals surface area contributed by atoms with Gasteiger partial charge in [0.05, 0.1) is 7.11 Å². The van der Waals surface area contributed by atoms with E-state index in [0.717, 1.165) is 5.56 Å². The predicted octanol–water partition coefficient (Wildman–Crippen LogP) is 2.49. The number of hydrogen-bond donors (Lipinski definition) is 1. The lowest BCUT2D eigenvalue weighted by molar-refractivity contribution is 0.0975. The van der Waals surface area contributed by atoms with E-state index in [-0.39, 0.29) is 5.78 Å². The second-order valence-electron chi connectivity index (χ2n) is 4.22. The zero-order valence-corrected chi connectivity index (χ0v) is 10.8. The SMILES string of the molecule is COc1cccnc1C(=O)CCc1cccc(N)c1. The summed E-state index contributed by atoms with van der Waals surface area (Å²) in [5.41, 5.74) is 7.84. The van der Waals surface area contributed by atoms with Gasteiger partial charge < -0.3 is 10.5 Å². The number of anilines is 1. The summed E-state index contributed by atoms with van der Waals surface area (Å²) in [5.74, 6) is 0.486. The molecular weight excluding hydrogens is 240 g/mol. The van der Waals surface area contributed by atoms with Crippen LogP contribution < -0.4 is 10.5 Å². The maximum atomic E-state index is 12.1. The number of carbonyl (C=O) groups is 1. The van der Waals surface area contributed by atoms with E-state index in [9.17, 15) is 4.79 Å². The molecule has 0 fully saturated rings. The van der Waals surface area contributed by atoms with Crippen molar-refractivity contribution >= 4 is 11.5 Å². The molecule has 0 spiro atoms. The number of ether oxygens (including phenoxy) is 1. The normalized spacial score (nSPS) is 10.2. The van der Waals surface area contributed by atoms with E-state index in [0.29, 0.717) is 30.0 Å². The van der Waals surface area contributed by atoms with E-state index >= 15 is 0 Å². The van der Waals surface area contributed by atoms with Gasteiger partial charge in [-0.2, -0.15) is 0 Å². The average molecular weight is 256 g/mol. The van der Waals surface area contributed by atoms with Crippen molar-refractivity contribution in [3.63, 3.8) is 0 Å². The fourth-order valence-electron chi connectivity index (χ4n) is 1.89. The minimum atomic E-state index is -0.0279. The summed E-state index contributed by atoms with van der Waals surface area (Å²) in [5, 5.41) is 0. The van der Waals surface area contributed by atoms with Gasteiger partial charge in [0.15, 0.2) is 5.78 Å². The Morgan fingerprint density at radius 2 is 2.16 bits per heavy atom. The highest BCUT2D eigenvalue weighted by molar-refractivity contribution is 5.96. The molecule has 1 heterocycles. The number of ketones is 1. The highest BCUT2D eigenvalue weighted by atomic mass is 16.5. The minimum absolute atomic E-state index is 0.0279. The number of Topliss-reactive ketones (excluding diaryl/α,β-unsaturated/α-hetero) is 1. The molecule has 0 aliphatic carbocycles. The van der Waals surface area contributed by atoms with Crippen LogP contribution in [0.5, 0.6) is 5.75 Å². The van der Waals surface area contributed by atoms with E-state index < -0.39 is 0 Å². The van der Waals surface area contributed by atoms with Crippen LogP contribution in [0.2, 0.25) is 0 Å². The van der Waals surface area contributed by atoms with Gasteiger partial charge >= 0.3 is 0 Å². The lowest BCUT2D eigenvalue weighted by Crippen LogP contribution is -2.06. The number of aryl methyl sites for hydroxylation is 1. The number of rotatable bonds is 5. The fraction of sp³-hybridized carbons (Fsp3) is 0.200. The molecule has 2 N–H and O–H groups in total. The molecule has 0 unspecified atom stereocenters. The van der Waals surface area contributed by atoms with Crippen molar-refractivity contribution in [3.05, 3.63) is 53.9 Å². The minimum Gasteiger partial charge on any atom is -0.494 e. The van der Waals surface area contributed by atoms with Crippen LogP contribution in [0.1, 0.15) is 22.5 Å². The molecule has 0 atom stereocenters. The maximum absolute atomic E-state index is 12.1. The number of methoxy groups -OCH3 is 1. The molecule has 2 aromatic rings. The van der Waals surface area contributed by atoms with Crippen molar-refractivity contribution in [2.75, 3.05) is 12.8 Å². The first-order valence-electron chi connectivity index (χ1n) is 6.07. The summed E-state index contributed by atoms with van der Waals surface area (Å²) in [4.78, 5) is 16.2. The van der Waals surface area contributed by atoms with Crippen LogP contribution in [-0.4, -0.2) is 17.9 Å². The molecule has 0 saturated carbocycles. The van der Waals surface area contributed by atoms with Crippen LogP contribution in [0, 0.1) is 0 Å². The van der Waals surface area contributed by atoms with Crippen molar-refractivity contribution in [3.8, 4) is 5.75 Å². The summed E-state index contributed by atoms with van der Waals surface area (Å²) >= 11 is 0. The van der Waals surface area contributed by atoms with Crippen LogP contribution in [0.25, 0.3) is 0 Å². The van der Waals surface area contributed by atoms with Gasteiger partial charge in [-0.1, -0.05) is 12.1 Å². The molecule has 19 heavy (non-hydrogen) atoms. The Hall–Kier alpha value is -2.36. The second kappa shape index (κ2) is 6.00. The van der Waals surface area contributed by atoms with Gasteiger partial charge in [0.25, 0.3) is 0 Å². The molecule has 0 aliphatic heterocycles. The smallest absolute Gasteiger partial charge is 0.185 e. The summed E-state index contributed by atoms with van der Waals surface area (Å²) in [6, 6.07) is 11.0. The Bertz CT molecular complexity index is 582. The summed E-state index contributed by atoms with van der Waals surface area (Å²) in [6.07, 6.45) is 2.62. The Balaban J connectivity index is 2.05. The van der Waals surface area contributed by atoms with Crippen molar-refractivity contribution in [2.45, 2.75) is 12.8 Å². The van der Waals surface area contributed by atoms with Gasteiger partial charge in [-0.3, -0.25) is 4.79 Å². The first-order chi connectivity index (χ1) is 9.20. The zero-order valence-electron chi connectivity index (χ0n) is 10.8. The fourth-order valence-corrected chi connectivity index (χ4v) is 1.89. The maximum Gasteiger partial charge on any atom is 0.185 e. The molecule has 0 bridgehead atoms. The Morgan fingerprint density at radius 1 is 1.32 bits per heavy atom. The number of hydrogen-bond acceptors (Lipinski definition) is 4. The lowest BCUT2D eigenvalue weighted by atomic mass is 10.0. The highest BCUT2D eigenvalue weighted by Gasteiger charge is 2.13. The molecule has 1 aromatic heterocycles. The number of aromatic nitrogens is 1. The number of nitrogen functional groups attached to an aromatic ring is 1. The molecule has 98 valence electrons. The van der Waals surface area contributed by atoms with Gasteiger partial charge in [-0.25, -0.2) is 4.98 Å². The van der Waals surface area contributed by atoms with E-state index in [1.165, 1.54) is 7.11 Å². The van der Waals surface area contributed by atoms with E-state index in [4.69, 9.17) is 10.5 Å². The van der Waals surface area contributed by atoms with Crippen LogP contribution in [0.4, 0.5) is 5.69 Å². The Morgan fingerprint density at radius 3 is 2.89 bits per heavy atom. The standard InChI is InChI=1S/C15H16N2O2/c1-19-14-6-3-9-17-15(14)13(18)8-7-11-4-2-5-12(16)10-11/h2-6,9-10H,7-8,16H2,1H3. The zero-order chi connectivity index (χ0) is 13.7. The van der Waals surface area contributed by atoms with Crippen LogP contribution in [-0.2, 0) is 6.42 Å². The monoisotopic (exact) mass is 256 g/mol. The van der Waals surface area contributed by atoms with Crippen LogP contribution in [0.3, 0.4) is 0 Å². The van der Waals surface area contributed by atoms with Crippen LogP contribution in [0.15, 0.2) is 42.6 Å². The molecule has 0 saturated heterocycles. The average Bonchev–Trinajstić information content (AvgIpc) is 2.45. The second-order valence-corrected chi connectivity index (χ2v) is 4.22. The largest absolute Gasteiger partial charge is 0.494 e. The first-order valence-corrected chi connectivity index (χ1v) is 6.07. The molecule has 1 aromatic carbocycles. The summed E-state index contributed by atoms with van der Waals surface area (Å²) in [7, 11) is 1.53. The molecule has 0 amide bonds. The molecule has 0 radical (unpaired) electrons. The third-order valence-corrected chi connectivity index (χ3v) is 2.85. The van der Waals surface area contributed by atoms with E-state index in [2.05, 4.69) is 4.98 Å². The molecule has 4 nitrogen and oxygen atoms in total. The van der Waals surface area contributed by atoms with E-state index in [1.807, 2.05) is 24.3 Å². The molecule has 4 heteroatoms. The lowest BCUT2D eigenvalue weighted by Gasteiger charge is -2.06. The van der Waals surface area contributed by atoms with Crippen LogP contribution >= 0.6 is 0 Å². The Kier molecular flexibility index (Phi) is 4.13.